The molecule has 0 saturated carbocycles. The fourth-order valence-corrected chi connectivity index (χ4v) is 1.71. The van der Waals surface area contributed by atoms with E-state index in [4.69, 9.17) is 0 Å². The monoisotopic (exact) mass is 195 g/mol. The van der Waals surface area contributed by atoms with Gasteiger partial charge in [-0.3, -0.25) is 0 Å². The smallest absolute Gasteiger partial charge is 0.118 e. The molecule has 0 saturated heterocycles. The number of aromatic amines is 1. The van der Waals surface area contributed by atoms with Gasteiger partial charge in [-0.2, -0.15) is 5.11 Å². The maximum absolute atomic E-state index is 4.19. The summed E-state index contributed by atoms with van der Waals surface area (Å²) in [5.74, 6) is 0. The average Bonchev–Trinajstić information content (AvgIpc) is 2.55. The molecule has 0 atom stereocenters. The molecule has 2 aromatic rings. The molecule has 0 fully saturated rings. The number of fused-ring (bicyclic) bond motifs is 3. The second-order valence-electron chi connectivity index (χ2n) is 3.35. The van der Waals surface area contributed by atoms with Gasteiger partial charge in [-0.15, -0.1) is 5.11 Å². The van der Waals surface area contributed by atoms with Crippen LogP contribution in [-0.2, 0) is 0 Å². The van der Waals surface area contributed by atoms with E-state index in [1.54, 1.807) is 6.20 Å². The van der Waals surface area contributed by atoms with E-state index >= 15 is 0 Å². The van der Waals surface area contributed by atoms with Gasteiger partial charge in [-0.1, -0.05) is 24.3 Å². The molecule has 2 heterocycles. The molecule has 0 unspecified atom stereocenters. The molecular weight excluding hydrogens is 186 g/mol. The van der Waals surface area contributed by atoms with Crippen molar-refractivity contribution in [2.24, 2.45) is 10.2 Å². The topological polar surface area (TPSA) is 40.5 Å². The Morgan fingerprint density at radius 1 is 1.07 bits per heavy atom. The van der Waals surface area contributed by atoms with Gasteiger partial charge in [-0.05, 0) is 18.2 Å². The van der Waals surface area contributed by atoms with Crippen LogP contribution >= 0.6 is 0 Å². The average molecular weight is 195 g/mol. The molecule has 72 valence electrons. The number of allylic oxidation sites excluding steroid dienone is 2. The first-order chi connectivity index (χ1) is 7.45. The van der Waals surface area contributed by atoms with Crippen LogP contribution < -0.4 is 0 Å². The molecule has 3 rings (SSSR count). The number of aromatic nitrogens is 1. The molecule has 0 bridgehead atoms. The number of nitrogens with one attached hydrogen (secondary N) is 1. The minimum atomic E-state index is 0.909. The van der Waals surface area contributed by atoms with Gasteiger partial charge in [0.25, 0.3) is 0 Å². The van der Waals surface area contributed by atoms with Crippen LogP contribution in [0.4, 0.5) is 5.69 Å². The molecule has 1 aliphatic rings. The first-order valence-electron chi connectivity index (χ1n) is 4.80. The van der Waals surface area contributed by atoms with Gasteiger partial charge in [0.2, 0.25) is 0 Å². The fourth-order valence-electron chi connectivity index (χ4n) is 1.71. The zero-order chi connectivity index (χ0) is 10.1. The predicted molar refractivity (Wildman–Crippen MR) is 61.0 cm³/mol. The number of azo groups is 1. The summed E-state index contributed by atoms with van der Waals surface area (Å²) in [6.07, 6.45) is 7.50. The third kappa shape index (κ3) is 1.29. The maximum atomic E-state index is 4.19. The van der Waals surface area contributed by atoms with Gasteiger partial charge in [0.05, 0.1) is 5.69 Å². The van der Waals surface area contributed by atoms with Crippen LogP contribution in [0, 0.1) is 0 Å². The van der Waals surface area contributed by atoms with E-state index in [-0.39, 0.29) is 0 Å². The zero-order valence-corrected chi connectivity index (χ0v) is 8.01. The Kier molecular flexibility index (Phi) is 1.75. The molecule has 0 spiro atoms. The van der Waals surface area contributed by atoms with Gasteiger partial charge in [0.15, 0.2) is 0 Å². The standard InChI is InChI=1S/C12H9N3/c1-2-6-10-9(5-1)12-11(14-10)7-3-4-8-13-15-12/h1-8,14H/b4-3?,7-3-,8-4-,11-7?,13-8?,15-12?,15-13?. The number of hydrogen-bond donors (Lipinski definition) is 1. The molecular formula is C12H9N3. The van der Waals surface area contributed by atoms with E-state index in [1.165, 1.54) is 0 Å². The highest BCUT2D eigenvalue weighted by molar-refractivity contribution is 5.95. The molecule has 15 heavy (non-hydrogen) atoms. The summed E-state index contributed by atoms with van der Waals surface area (Å²) in [6.45, 7) is 0. The summed E-state index contributed by atoms with van der Waals surface area (Å²) in [5, 5.41) is 9.27. The number of benzene rings is 1. The zero-order valence-electron chi connectivity index (χ0n) is 8.01. The van der Waals surface area contributed by atoms with Crippen molar-refractivity contribution >= 4 is 22.7 Å². The van der Waals surface area contributed by atoms with Crippen molar-refractivity contribution in [2.75, 3.05) is 0 Å². The lowest BCUT2D eigenvalue weighted by Crippen LogP contribution is -1.71. The highest BCUT2D eigenvalue weighted by Crippen LogP contribution is 2.31. The van der Waals surface area contributed by atoms with E-state index in [2.05, 4.69) is 15.2 Å². The summed E-state index contributed by atoms with van der Waals surface area (Å²) >= 11 is 0. The van der Waals surface area contributed by atoms with Crippen molar-refractivity contribution in [3.8, 4) is 0 Å². The first-order valence-corrected chi connectivity index (χ1v) is 4.80. The van der Waals surface area contributed by atoms with Crippen molar-refractivity contribution in [2.45, 2.75) is 0 Å². The van der Waals surface area contributed by atoms with E-state index in [9.17, 15) is 0 Å². The van der Waals surface area contributed by atoms with Crippen molar-refractivity contribution < 1.29 is 0 Å². The summed E-state index contributed by atoms with van der Waals surface area (Å²) in [5.41, 5.74) is 3.00. The van der Waals surface area contributed by atoms with Crippen LogP contribution in [0.2, 0.25) is 0 Å². The van der Waals surface area contributed by atoms with E-state index in [1.807, 2.05) is 42.5 Å². The summed E-state index contributed by atoms with van der Waals surface area (Å²) in [4.78, 5) is 3.31. The molecule has 3 heteroatoms. The molecule has 1 aromatic heterocycles. The normalized spacial score (nSPS) is 18.1. The Morgan fingerprint density at radius 2 is 2.00 bits per heavy atom. The van der Waals surface area contributed by atoms with Crippen LogP contribution in [0.5, 0.6) is 0 Å². The van der Waals surface area contributed by atoms with Crippen LogP contribution in [0.25, 0.3) is 17.0 Å². The fraction of sp³-hybridized carbons (Fsp3) is 0. The van der Waals surface area contributed by atoms with Crippen molar-refractivity contribution in [1.82, 2.24) is 4.98 Å². The first kappa shape index (κ1) is 8.17. The quantitative estimate of drug-likeness (QED) is 0.664. The minimum Gasteiger partial charge on any atom is -0.353 e. The molecule has 1 aliphatic heterocycles. The lowest BCUT2D eigenvalue weighted by atomic mass is 10.2. The minimum absolute atomic E-state index is 0.909. The van der Waals surface area contributed by atoms with Crippen LogP contribution in [0.3, 0.4) is 0 Å². The molecule has 1 N–H and O–H groups in total. The second-order valence-corrected chi connectivity index (χ2v) is 3.35. The van der Waals surface area contributed by atoms with Gasteiger partial charge >= 0.3 is 0 Å². The lowest BCUT2D eigenvalue weighted by molar-refractivity contribution is 1.22. The van der Waals surface area contributed by atoms with Gasteiger partial charge in [0, 0.05) is 17.1 Å². The molecule has 3 nitrogen and oxygen atoms in total. The van der Waals surface area contributed by atoms with E-state index in [0.717, 1.165) is 22.3 Å². The highest BCUT2D eigenvalue weighted by atomic mass is 15.1. The lowest BCUT2D eigenvalue weighted by Gasteiger charge is -1.92. The molecule has 0 amide bonds. The third-order valence-electron chi connectivity index (χ3n) is 2.39. The van der Waals surface area contributed by atoms with Gasteiger partial charge in [0.1, 0.15) is 5.69 Å². The maximum Gasteiger partial charge on any atom is 0.118 e. The Balaban J connectivity index is 2.36. The van der Waals surface area contributed by atoms with Crippen LogP contribution in [0.15, 0.2) is 52.8 Å². The number of para-hydroxylation sites is 1. The molecule has 1 aromatic carbocycles. The Labute approximate surface area is 86.8 Å². The summed E-state index contributed by atoms with van der Waals surface area (Å²) in [6, 6.07) is 8.09. The van der Waals surface area contributed by atoms with Crippen LogP contribution in [0.1, 0.15) is 5.69 Å². The second kappa shape index (κ2) is 3.20. The summed E-state index contributed by atoms with van der Waals surface area (Å²) in [7, 11) is 0. The Morgan fingerprint density at radius 3 is 3.00 bits per heavy atom. The largest absolute Gasteiger partial charge is 0.353 e. The van der Waals surface area contributed by atoms with E-state index < -0.39 is 0 Å². The predicted octanol–water partition coefficient (Wildman–Crippen LogP) is 3.79. The Bertz CT molecular complexity index is 588. The van der Waals surface area contributed by atoms with Gasteiger partial charge in [-0.25, -0.2) is 0 Å². The van der Waals surface area contributed by atoms with Gasteiger partial charge < -0.3 is 4.98 Å². The SMILES string of the molecule is C1=C\N=Nc2c([nH]c3ccccc23)\C=C/1. The van der Waals surface area contributed by atoms with E-state index in [0.29, 0.717) is 0 Å². The molecule has 0 radical (unpaired) electrons. The Hall–Kier alpha value is -2.16. The number of nitrogens with zero attached hydrogens (tertiary/aromatic N) is 2. The third-order valence-corrected chi connectivity index (χ3v) is 2.39. The highest BCUT2D eigenvalue weighted by Gasteiger charge is 2.08. The summed E-state index contributed by atoms with van der Waals surface area (Å²) < 4.78 is 0. The molecule has 0 aliphatic carbocycles. The van der Waals surface area contributed by atoms with Crippen molar-refractivity contribution in [3.05, 3.63) is 48.3 Å². The van der Waals surface area contributed by atoms with Crippen molar-refractivity contribution in [1.29, 1.82) is 0 Å². The number of rotatable bonds is 0. The number of hydrogen-bond acceptors (Lipinski definition) is 2. The number of H-pyrrole nitrogens is 1. The van der Waals surface area contributed by atoms with Crippen molar-refractivity contribution in [3.63, 3.8) is 0 Å². The van der Waals surface area contributed by atoms with Crippen LogP contribution in [-0.4, -0.2) is 4.98 Å².